The number of nitrogens with zero attached hydrogens (tertiary/aromatic N) is 3. The van der Waals surface area contributed by atoms with E-state index in [1.54, 1.807) is 18.2 Å². The van der Waals surface area contributed by atoms with Gasteiger partial charge in [-0.05, 0) is 78.5 Å². The summed E-state index contributed by atoms with van der Waals surface area (Å²) < 4.78 is 29.7. The van der Waals surface area contributed by atoms with Crippen molar-refractivity contribution in [3.8, 4) is 39.5 Å². The molecule has 3 aromatic heterocycles. The molecule has 0 aliphatic heterocycles. The van der Waals surface area contributed by atoms with Gasteiger partial charge in [-0.15, -0.1) is 35.9 Å². The first kappa shape index (κ1) is 28.8. The van der Waals surface area contributed by atoms with Crippen LogP contribution in [0.1, 0.15) is 29.1 Å². The Labute approximate surface area is 299 Å². The smallest absolute Gasteiger partial charge is 0.0774 e. The number of hydrogen-bond donors (Lipinski definition) is 0. The van der Waals surface area contributed by atoms with Crippen molar-refractivity contribution in [2.75, 3.05) is 0 Å². The summed E-state index contributed by atoms with van der Waals surface area (Å²) in [4.78, 5) is 9.14. The van der Waals surface area contributed by atoms with Crippen molar-refractivity contribution in [2.24, 2.45) is 0 Å². The summed E-state index contributed by atoms with van der Waals surface area (Å²) in [5, 5.41) is 1.01. The summed E-state index contributed by atoms with van der Waals surface area (Å²) in [5.74, 6) is 0.822. The van der Waals surface area contributed by atoms with E-state index in [4.69, 9.17) is 13.5 Å². The van der Waals surface area contributed by atoms with Gasteiger partial charge in [-0.2, -0.15) is 0 Å². The van der Waals surface area contributed by atoms with Gasteiger partial charge in [0.25, 0.3) is 0 Å². The molecule has 0 unspecified atom stereocenters. The molecule has 0 N–H and O–H groups in total. The second-order valence-corrected chi connectivity index (χ2v) is 11.1. The van der Waals surface area contributed by atoms with Gasteiger partial charge in [0.1, 0.15) is 0 Å². The largest absolute Gasteiger partial charge is 0.557 e. The number of benzene rings is 5. The number of pyridine rings is 1. The summed E-state index contributed by atoms with van der Waals surface area (Å²) in [6.45, 7) is 2.08. The summed E-state index contributed by atoms with van der Waals surface area (Å²) >= 11 is 0. The molecule has 0 aliphatic carbocycles. The van der Waals surface area contributed by atoms with Crippen molar-refractivity contribution in [3.63, 3.8) is 0 Å². The van der Waals surface area contributed by atoms with Gasteiger partial charge in [0, 0.05) is 47.9 Å². The third-order valence-electron chi connectivity index (χ3n) is 8.17. The Hall–Kier alpha value is -5.35. The Bertz CT molecular complexity index is 2410. The van der Waals surface area contributed by atoms with E-state index in [0.717, 1.165) is 50.3 Å². The minimum absolute atomic E-state index is 0. The first-order valence-corrected chi connectivity index (χ1v) is 15.4. The van der Waals surface area contributed by atoms with E-state index in [1.165, 1.54) is 28.5 Å². The Kier molecular flexibility index (Phi) is 8.77. The van der Waals surface area contributed by atoms with Crippen molar-refractivity contribution in [1.82, 2.24) is 14.5 Å². The SMILES string of the molecule is C/C=C(/C)c1ccc2o[c-]c(-c3nc4ccccc4n3-c3ccc(-c4ccccc4)cc3)c2c1.[2H]C([2H])([2H])c1ccc(-c2[c-]cccc2)nc1.[Ir]. The van der Waals surface area contributed by atoms with Gasteiger partial charge in [0.2, 0.25) is 0 Å². The number of aryl methyl sites for hydroxylation is 1. The zero-order valence-corrected chi connectivity index (χ0v) is 28.8. The molecule has 0 amide bonds. The van der Waals surface area contributed by atoms with Gasteiger partial charge < -0.3 is 14.0 Å². The fraction of sp³-hybridized carbons (Fsp3) is 0.0698. The molecule has 0 fully saturated rings. The van der Waals surface area contributed by atoms with Crippen molar-refractivity contribution in [2.45, 2.75) is 20.7 Å². The van der Waals surface area contributed by atoms with Gasteiger partial charge in [-0.25, -0.2) is 0 Å². The molecule has 5 heteroatoms. The second kappa shape index (κ2) is 14.6. The van der Waals surface area contributed by atoms with Crippen LogP contribution in [-0.2, 0) is 20.1 Å². The van der Waals surface area contributed by atoms with Crippen molar-refractivity contribution >= 4 is 27.6 Å². The molecule has 5 aromatic carbocycles. The zero-order valence-electron chi connectivity index (χ0n) is 29.4. The maximum Gasteiger partial charge on any atom is 0.0774 e. The molecule has 48 heavy (non-hydrogen) atoms. The zero-order chi connectivity index (χ0) is 34.7. The quantitative estimate of drug-likeness (QED) is 0.163. The Morgan fingerprint density at radius 2 is 1.60 bits per heavy atom. The predicted molar refractivity (Wildman–Crippen MR) is 193 cm³/mol. The molecule has 237 valence electrons. The standard InChI is InChI=1S/C31H23N2O.C12H10N.Ir/c1-3-21(2)24-15-18-30-26(19-24)27(20-34-30)31-32-28-11-7-8-12-29(28)33(31)25-16-13-23(14-17-25)22-9-5-4-6-10-22;1-10-7-8-12(13-9-10)11-5-3-2-4-6-11;/h3-19H,1-2H3;2-5,7-9H,1H3;/q2*-1;/b21-3-;;/i;1D3;. The van der Waals surface area contributed by atoms with Gasteiger partial charge >= 0.3 is 0 Å². The van der Waals surface area contributed by atoms with Crippen LogP contribution >= 0.6 is 0 Å². The number of fused-ring (bicyclic) bond motifs is 2. The van der Waals surface area contributed by atoms with Gasteiger partial charge in [0.15, 0.2) is 0 Å². The van der Waals surface area contributed by atoms with E-state index in [0.29, 0.717) is 0 Å². The maximum atomic E-state index is 7.23. The maximum absolute atomic E-state index is 7.23. The summed E-state index contributed by atoms with van der Waals surface area (Å²) in [7, 11) is 0. The van der Waals surface area contributed by atoms with E-state index >= 15 is 0 Å². The van der Waals surface area contributed by atoms with Gasteiger partial charge in [-0.1, -0.05) is 102 Å². The molecular weight excluding hydrogens is 767 g/mol. The fourth-order valence-electron chi connectivity index (χ4n) is 5.55. The van der Waals surface area contributed by atoms with Gasteiger partial charge in [0.05, 0.1) is 16.9 Å². The first-order valence-electron chi connectivity index (χ1n) is 16.9. The summed E-state index contributed by atoms with van der Waals surface area (Å²) in [6.07, 6.45) is 6.66. The molecule has 0 saturated carbocycles. The number of rotatable bonds is 5. The van der Waals surface area contributed by atoms with Crippen LogP contribution in [0, 0.1) is 19.2 Å². The number of hydrogen-bond acceptors (Lipinski definition) is 3. The van der Waals surface area contributed by atoms with E-state index in [-0.39, 0.29) is 25.7 Å². The van der Waals surface area contributed by atoms with Crippen molar-refractivity contribution in [1.29, 1.82) is 0 Å². The molecule has 0 atom stereocenters. The van der Waals surface area contributed by atoms with Gasteiger partial charge in [-0.3, -0.25) is 4.98 Å². The Morgan fingerprint density at radius 3 is 2.33 bits per heavy atom. The van der Waals surface area contributed by atoms with Crippen LogP contribution in [0.15, 0.2) is 150 Å². The molecule has 0 aliphatic rings. The van der Waals surface area contributed by atoms with E-state index in [9.17, 15) is 0 Å². The van der Waals surface area contributed by atoms with Crippen LogP contribution in [0.4, 0.5) is 0 Å². The average molecular weight is 803 g/mol. The van der Waals surface area contributed by atoms with E-state index in [2.05, 4.69) is 109 Å². The number of allylic oxidation sites excluding steroid dienone is 2. The van der Waals surface area contributed by atoms with Crippen LogP contribution < -0.4 is 0 Å². The third-order valence-corrected chi connectivity index (χ3v) is 8.17. The number of aromatic nitrogens is 3. The van der Waals surface area contributed by atoms with Crippen LogP contribution in [0.2, 0.25) is 0 Å². The molecule has 8 aromatic rings. The molecule has 3 heterocycles. The van der Waals surface area contributed by atoms with Crippen molar-refractivity contribution < 1.29 is 28.6 Å². The van der Waals surface area contributed by atoms with Crippen LogP contribution in [0.25, 0.3) is 67.0 Å². The third kappa shape index (κ3) is 6.70. The molecule has 0 saturated heterocycles. The number of para-hydroxylation sites is 2. The predicted octanol–water partition coefficient (Wildman–Crippen LogP) is 11.2. The van der Waals surface area contributed by atoms with Crippen LogP contribution in [0.3, 0.4) is 0 Å². The van der Waals surface area contributed by atoms with Crippen LogP contribution in [-0.4, -0.2) is 14.5 Å². The molecule has 0 spiro atoms. The second-order valence-electron chi connectivity index (χ2n) is 11.1. The minimum atomic E-state index is -2.09. The molecule has 0 bridgehead atoms. The van der Waals surface area contributed by atoms with Crippen molar-refractivity contribution in [3.05, 3.63) is 169 Å². The monoisotopic (exact) mass is 803 g/mol. The normalized spacial score (nSPS) is 12.4. The summed E-state index contributed by atoms with van der Waals surface area (Å²) in [5.41, 5.74) is 11.3. The molecule has 8 rings (SSSR count). The summed E-state index contributed by atoms with van der Waals surface area (Å²) in [6, 6.07) is 47.3. The Morgan fingerprint density at radius 1 is 0.833 bits per heavy atom. The fourth-order valence-corrected chi connectivity index (χ4v) is 5.55. The Balaban J connectivity index is 0.000000222. The number of furan rings is 1. The molecule has 4 nitrogen and oxygen atoms in total. The first-order chi connectivity index (χ1) is 24.3. The molecule has 1 radical (unpaired) electrons. The van der Waals surface area contributed by atoms with E-state index < -0.39 is 6.85 Å². The van der Waals surface area contributed by atoms with E-state index in [1.807, 2.05) is 48.5 Å². The van der Waals surface area contributed by atoms with Crippen LogP contribution in [0.5, 0.6) is 0 Å². The number of imidazole rings is 1. The topological polar surface area (TPSA) is 43.9 Å². The minimum Gasteiger partial charge on any atom is -0.557 e. The average Bonchev–Trinajstić information content (AvgIpc) is 3.76. The molecular formula is C43H33IrN3O-2.